The van der Waals surface area contributed by atoms with Crippen LogP contribution in [0, 0.1) is 12.8 Å². The van der Waals surface area contributed by atoms with Gasteiger partial charge < -0.3 is 5.73 Å². The molecule has 120 valence electrons. The number of aryl methyl sites for hydroxylation is 1. The van der Waals surface area contributed by atoms with Gasteiger partial charge in [0.25, 0.3) is 0 Å². The Morgan fingerprint density at radius 1 is 1.33 bits per heavy atom. The Balaban J connectivity index is 2.84. The molecule has 0 saturated carbocycles. The van der Waals surface area contributed by atoms with Crippen LogP contribution in [0.1, 0.15) is 45.1 Å². The molecule has 0 heterocycles. The smallest absolute Gasteiger partial charge is 0.242 e. The number of halogens is 1. The van der Waals surface area contributed by atoms with E-state index in [-0.39, 0.29) is 9.92 Å². The number of nitrogens with one attached hydrogen (secondary N) is 1. The molecule has 0 saturated heterocycles. The third-order valence-corrected chi connectivity index (χ3v) is 5.60. The second-order valence-electron chi connectivity index (χ2n) is 5.41. The Labute approximate surface area is 133 Å². The molecule has 1 rings (SSSR count). The van der Waals surface area contributed by atoms with Crippen LogP contribution in [0.25, 0.3) is 0 Å². The average molecular weight is 333 g/mol. The van der Waals surface area contributed by atoms with Crippen molar-refractivity contribution in [2.75, 3.05) is 12.3 Å². The Hall–Kier alpha value is -0.780. The highest BCUT2D eigenvalue weighted by Crippen LogP contribution is 2.26. The number of rotatable bonds is 8. The predicted octanol–water partition coefficient (Wildman–Crippen LogP) is 3.73. The van der Waals surface area contributed by atoms with Crippen molar-refractivity contribution < 1.29 is 8.42 Å². The van der Waals surface area contributed by atoms with Gasteiger partial charge in [0, 0.05) is 12.2 Å². The average Bonchev–Trinajstić information content (AvgIpc) is 2.43. The minimum Gasteiger partial charge on any atom is -0.398 e. The summed E-state index contributed by atoms with van der Waals surface area (Å²) < 4.78 is 27.4. The fourth-order valence-electron chi connectivity index (χ4n) is 2.12. The third kappa shape index (κ3) is 5.16. The molecule has 1 aromatic rings. The van der Waals surface area contributed by atoms with E-state index in [9.17, 15) is 8.42 Å². The van der Waals surface area contributed by atoms with Gasteiger partial charge in [-0.15, -0.1) is 0 Å². The van der Waals surface area contributed by atoms with Gasteiger partial charge in [-0.25, -0.2) is 13.1 Å². The summed E-state index contributed by atoms with van der Waals surface area (Å²) in [5, 5.41) is 0.204. The summed E-state index contributed by atoms with van der Waals surface area (Å²) in [6.45, 7) is 6.43. The van der Waals surface area contributed by atoms with E-state index in [1.54, 1.807) is 13.0 Å². The van der Waals surface area contributed by atoms with Crippen LogP contribution in [0.4, 0.5) is 5.69 Å². The summed E-state index contributed by atoms with van der Waals surface area (Å²) in [7, 11) is -3.62. The van der Waals surface area contributed by atoms with Gasteiger partial charge in [0.15, 0.2) is 0 Å². The van der Waals surface area contributed by atoms with Crippen molar-refractivity contribution in [3.63, 3.8) is 0 Å². The highest BCUT2D eigenvalue weighted by atomic mass is 35.5. The molecule has 0 bridgehead atoms. The van der Waals surface area contributed by atoms with Crippen molar-refractivity contribution in [1.82, 2.24) is 4.72 Å². The summed E-state index contributed by atoms with van der Waals surface area (Å²) >= 11 is 6.04. The van der Waals surface area contributed by atoms with Crippen LogP contribution < -0.4 is 10.5 Å². The third-order valence-electron chi connectivity index (χ3n) is 3.72. The monoisotopic (exact) mass is 332 g/mol. The SMILES string of the molecule is CCCCC(CC)CNS(=O)(=O)c1cc(N)c(C)cc1Cl. The van der Waals surface area contributed by atoms with Gasteiger partial charge in [0.05, 0.1) is 5.02 Å². The van der Waals surface area contributed by atoms with E-state index in [0.717, 1.165) is 31.2 Å². The molecule has 1 aromatic carbocycles. The Morgan fingerprint density at radius 3 is 2.57 bits per heavy atom. The van der Waals surface area contributed by atoms with Crippen LogP contribution in [0.15, 0.2) is 17.0 Å². The van der Waals surface area contributed by atoms with Gasteiger partial charge in [-0.05, 0) is 37.0 Å². The number of anilines is 1. The summed E-state index contributed by atoms with van der Waals surface area (Å²) in [5.41, 5.74) is 6.98. The molecule has 0 fully saturated rings. The van der Waals surface area contributed by atoms with E-state index in [1.165, 1.54) is 6.07 Å². The van der Waals surface area contributed by atoms with Crippen LogP contribution in [-0.2, 0) is 10.0 Å². The maximum Gasteiger partial charge on any atom is 0.242 e. The van der Waals surface area contributed by atoms with E-state index in [1.807, 2.05) is 0 Å². The zero-order valence-corrected chi connectivity index (χ0v) is 14.5. The Kier molecular flexibility index (Phi) is 6.97. The first-order chi connectivity index (χ1) is 9.81. The molecule has 0 radical (unpaired) electrons. The number of hydrogen-bond donors (Lipinski definition) is 2. The van der Waals surface area contributed by atoms with Gasteiger partial charge in [-0.2, -0.15) is 0 Å². The lowest BCUT2D eigenvalue weighted by molar-refractivity contribution is 0.444. The van der Waals surface area contributed by atoms with E-state index in [4.69, 9.17) is 17.3 Å². The lowest BCUT2D eigenvalue weighted by atomic mass is 10.00. The summed E-state index contributed by atoms with van der Waals surface area (Å²) in [5.74, 6) is 0.348. The molecule has 21 heavy (non-hydrogen) atoms. The molecular weight excluding hydrogens is 308 g/mol. The maximum absolute atomic E-state index is 12.4. The molecule has 6 heteroatoms. The highest BCUT2D eigenvalue weighted by molar-refractivity contribution is 7.89. The van der Waals surface area contributed by atoms with Crippen LogP contribution >= 0.6 is 11.6 Å². The normalized spacial score (nSPS) is 13.3. The number of unbranched alkanes of at least 4 members (excludes halogenated alkanes) is 1. The summed E-state index contributed by atoms with van der Waals surface area (Å²) in [6, 6.07) is 3.01. The van der Waals surface area contributed by atoms with Crippen molar-refractivity contribution in [3.05, 3.63) is 22.7 Å². The summed E-state index contributed by atoms with van der Waals surface area (Å²) in [6.07, 6.45) is 4.20. The van der Waals surface area contributed by atoms with Gasteiger partial charge in [0.2, 0.25) is 10.0 Å². The molecule has 0 aromatic heterocycles. The van der Waals surface area contributed by atoms with Gasteiger partial charge in [-0.1, -0.05) is 44.7 Å². The number of nitrogens with two attached hydrogens (primary N) is 1. The quantitative estimate of drug-likeness (QED) is 0.712. The molecule has 1 atom stereocenters. The molecule has 3 N–H and O–H groups in total. The molecule has 0 aliphatic heterocycles. The van der Waals surface area contributed by atoms with Crippen LogP contribution in [-0.4, -0.2) is 15.0 Å². The number of nitrogen functional groups attached to an aromatic ring is 1. The van der Waals surface area contributed by atoms with E-state index >= 15 is 0 Å². The van der Waals surface area contributed by atoms with Crippen LogP contribution in [0.5, 0.6) is 0 Å². The van der Waals surface area contributed by atoms with Crippen molar-refractivity contribution in [2.45, 2.75) is 51.3 Å². The second kappa shape index (κ2) is 8.01. The van der Waals surface area contributed by atoms with Crippen molar-refractivity contribution in [3.8, 4) is 0 Å². The lowest BCUT2D eigenvalue weighted by Gasteiger charge is -2.16. The summed E-state index contributed by atoms with van der Waals surface area (Å²) in [4.78, 5) is 0.0533. The minimum absolute atomic E-state index is 0.0533. The van der Waals surface area contributed by atoms with Crippen molar-refractivity contribution in [2.24, 2.45) is 5.92 Å². The zero-order valence-electron chi connectivity index (χ0n) is 12.9. The molecule has 0 spiro atoms. The molecule has 0 aliphatic carbocycles. The fourth-order valence-corrected chi connectivity index (χ4v) is 3.85. The maximum atomic E-state index is 12.4. The largest absolute Gasteiger partial charge is 0.398 e. The fraction of sp³-hybridized carbons (Fsp3) is 0.600. The lowest BCUT2D eigenvalue weighted by Crippen LogP contribution is -2.29. The van der Waals surface area contributed by atoms with Crippen LogP contribution in [0.3, 0.4) is 0 Å². The van der Waals surface area contributed by atoms with Crippen LogP contribution in [0.2, 0.25) is 5.02 Å². The minimum atomic E-state index is -3.62. The molecule has 1 unspecified atom stereocenters. The highest BCUT2D eigenvalue weighted by Gasteiger charge is 2.20. The molecule has 0 amide bonds. The van der Waals surface area contributed by atoms with Crippen molar-refractivity contribution in [1.29, 1.82) is 0 Å². The first-order valence-electron chi connectivity index (χ1n) is 7.37. The van der Waals surface area contributed by atoms with Gasteiger partial charge in [-0.3, -0.25) is 0 Å². The first-order valence-corrected chi connectivity index (χ1v) is 9.23. The number of hydrogen-bond acceptors (Lipinski definition) is 3. The van der Waals surface area contributed by atoms with Gasteiger partial charge >= 0.3 is 0 Å². The zero-order chi connectivity index (χ0) is 16.0. The standard InChI is InChI=1S/C15H25ClN2O2S/c1-4-6-7-12(5-2)10-18-21(19,20)15-9-14(17)11(3)8-13(15)16/h8-9,12,18H,4-7,10,17H2,1-3H3. The van der Waals surface area contributed by atoms with E-state index in [2.05, 4.69) is 18.6 Å². The van der Waals surface area contributed by atoms with Crippen molar-refractivity contribution >= 4 is 27.3 Å². The second-order valence-corrected chi connectivity index (χ2v) is 7.55. The topological polar surface area (TPSA) is 72.2 Å². The first kappa shape index (κ1) is 18.3. The Morgan fingerprint density at radius 2 is 2.00 bits per heavy atom. The molecular formula is C15H25ClN2O2S. The number of sulfonamides is 1. The van der Waals surface area contributed by atoms with Gasteiger partial charge in [0.1, 0.15) is 4.90 Å². The molecule has 0 aliphatic rings. The Bertz CT molecular complexity index is 573. The predicted molar refractivity (Wildman–Crippen MR) is 89.1 cm³/mol. The van der Waals surface area contributed by atoms with E-state index in [0.29, 0.717) is 18.2 Å². The molecule has 4 nitrogen and oxygen atoms in total. The van der Waals surface area contributed by atoms with E-state index < -0.39 is 10.0 Å². The number of benzene rings is 1.